The molecule has 6 nitrogen and oxygen atoms in total. The summed E-state index contributed by atoms with van der Waals surface area (Å²) >= 11 is 0. The largest absolute Gasteiger partial charge is 0.343 e. The van der Waals surface area contributed by atoms with Crippen molar-refractivity contribution < 1.29 is 4.79 Å². The van der Waals surface area contributed by atoms with Gasteiger partial charge in [-0.05, 0) is 32.4 Å². The fourth-order valence-corrected chi connectivity index (χ4v) is 2.84. The monoisotopic (exact) mass is 349 g/mol. The van der Waals surface area contributed by atoms with Gasteiger partial charge in [-0.15, -0.1) is 0 Å². The van der Waals surface area contributed by atoms with Crippen LogP contribution in [0.25, 0.3) is 17.3 Å². The van der Waals surface area contributed by atoms with Crippen molar-refractivity contribution in [3.63, 3.8) is 0 Å². The topological polar surface area (TPSA) is 75.6 Å². The van der Waals surface area contributed by atoms with E-state index in [9.17, 15) is 4.79 Å². The molecule has 1 amide bonds. The molecule has 0 fully saturated rings. The van der Waals surface area contributed by atoms with Crippen LogP contribution in [0.15, 0.2) is 42.6 Å². The molecule has 0 saturated heterocycles. The van der Waals surface area contributed by atoms with Crippen molar-refractivity contribution >= 4 is 12.0 Å². The number of aromatic nitrogens is 4. The lowest BCUT2D eigenvalue weighted by Crippen LogP contribution is -2.25. The van der Waals surface area contributed by atoms with Crippen molar-refractivity contribution in [2.24, 2.45) is 7.05 Å². The first-order valence-electron chi connectivity index (χ1n) is 8.55. The molecule has 3 aromatic rings. The lowest BCUT2D eigenvalue weighted by molar-refractivity contribution is -0.117. The number of carbonyl (C=O) groups excluding carboxylic acids is 1. The zero-order valence-electron chi connectivity index (χ0n) is 15.4. The minimum absolute atomic E-state index is 0.169. The van der Waals surface area contributed by atoms with Crippen molar-refractivity contribution in [1.29, 1.82) is 0 Å². The molecule has 1 atom stereocenters. The average molecular weight is 349 g/mol. The van der Waals surface area contributed by atoms with E-state index >= 15 is 0 Å². The standard InChI is InChI=1S/C20H23N5O/c1-13-17(15(3)25(4)24-13)10-11-19(26)22-14(2)20-21-12-18(23-20)16-8-6-5-7-9-16/h5-12,14H,1-4H3,(H,21,23)(H,22,26)/b11-10+/t14-/m0/s1. The Labute approximate surface area is 153 Å². The molecule has 2 heterocycles. The van der Waals surface area contributed by atoms with E-state index in [0.29, 0.717) is 0 Å². The molecule has 0 aliphatic rings. The molecule has 0 spiro atoms. The molecule has 0 aliphatic carbocycles. The molecule has 26 heavy (non-hydrogen) atoms. The number of imidazole rings is 1. The molecule has 0 unspecified atom stereocenters. The van der Waals surface area contributed by atoms with Crippen molar-refractivity contribution in [3.8, 4) is 11.3 Å². The van der Waals surface area contributed by atoms with E-state index < -0.39 is 0 Å². The van der Waals surface area contributed by atoms with Gasteiger partial charge in [0.1, 0.15) is 5.82 Å². The maximum atomic E-state index is 12.2. The third-order valence-electron chi connectivity index (χ3n) is 4.42. The SMILES string of the molecule is Cc1nn(C)c(C)c1/C=C/C(=O)N[C@@H](C)c1ncc(-c2ccccc2)[nH]1. The Morgan fingerprint density at radius 2 is 2.00 bits per heavy atom. The van der Waals surface area contributed by atoms with Gasteiger partial charge in [-0.1, -0.05) is 30.3 Å². The van der Waals surface area contributed by atoms with Crippen LogP contribution in [0.3, 0.4) is 0 Å². The average Bonchev–Trinajstić information content (AvgIpc) is 3.20. The van der Waals surface area contributed by atoms with Gasteiger partial charge in [-0.2, -0.15) is 5.10 Å². The number of hydrogen-bond donors (Lipinski definition) is 2. The van der Waals surface area contributed by atoms with Crippen LogP contribution >= 0.6 is 0 Å². The number of aromatic amines is 1. The summed E-state index contributed by atoms with van der Waals surface area (Å²) < 4.78 is 1.81. The van der Waals surface area contributed by atoms with Crippen LogP contribution in [0, 0.1) is 13.8 Å². The van der Waals surface area contributed by atoms with Gasteiger partial charge in [0.15, 0.2) is 0 Å². The van der Waals surface area contributed by atoms with Crippen LogP contribution in [-0.2, 0) is 11.8 Å². The Bertz CT molecular complexity index is 937. The highest BCUT2D eigenvalue weighted by atomic mass is 16.1. The summed E-state index contributed by atoms with van der Waals surface area (Å²) in [6.07, 6.45) is 5.12. The molecule has 2 N–H and O–H groups in total. The first-order valence-corrected chi connectivity index (χ1v) is 8.55. The lowest BCUT2D eigenvalue weighted by atomic mass is 10.2. The predicted octanol–water partition coefficient (Wildman–Crippen LogP) is 3.32. The van der Waals surface area contributed by atoms with Gasteiger partial charge in [0.2, 0.25) is 5.91 Å². The number of H-pyrrole nitrogens is 1. The van der Waals surface area contributed by atoms with Gasteiger partial charge in [-0.3, -0.25) is 9.48 Å². The molecule has 6 heteroatoms. The first kappa shape index (κ1) is 17.7. The third kappa shape index (κ3) is 3.74. The van der Waals surface area contributed by atoms with Crippen LogP contribution in [0.1, 0.15) is 35.7 Å². The molecule has 0 radical (unpaired) electrons. The summed E-state index contributed by atoms with van der Waals surface area (Å²) in [5.74, 6) is 0.553. The second kappa shape index (κ2) is 7.39. The normalized spacial score (nSPS) is 12.5. The Morgan fingerprint density at radius 1 is 1.27 bits per heavy atom. The maximum absolute atomic E-state index is 12.2. The quantitative estimate of drug-likeness (QED) is 0.694. The minimum Gasteiger partial charge on any atom is -0.343 e. The number of nitrogens with zero attached hydrogens (tertiary/aromatic N) is 3. The number of amides is 1. The molecule has 2 aromatic heterocycles. The Balaban J connectivity index is 1.66. The van der Waals surface area contributed by atoms with Crippen molar-refractivity contribution in [2.45, 2.75) is 26.8 Å². The van der Waals surface area contributed by atoms with E-state index in [0.717, 1.165) is 34.0 Å². The van der Waals surface area contributed by atoms with Crippen LogP contribution in [0.5, 0.6) is 0 Å². The molecule has 3 rings (SSSR count). The second-order valence-electron chi connectivity index (χ2n) is 6.32. The number of rotatable bonds is 5. The summed E-state index contributed by atoms with van der Waals surface area (Å²) in [7, 11) is 1.89. The van der Waals surface area contributed by atoms with Crippen molar-refractivity contribution in [3.05, 3.63) is 65.4 Å². The summed E-state index contributed by atoms with van der Waals surface area (Å²) in [4.78, 5) is 19.9. The Morgan fingerprint density at radius 3 is 2.65 bits per heavy atom. The summed E-state index contributed by atoms with van der Waals surface area (Å²) in [5.41, 5.74) is 4.89. The predicted molar refractivity (Wildman–Crippen MR) is 102 cm³/mol. The van der Waals surface area contributed by atoms with Gasteiger partial charge in [0, 0.05) is 24.4 Å². The number of nitrogens with one attached hydrogen (secondary N) is 2. The number of aryl methyl sites for hydroxylation is 2. The zero-order chi connectivity index (χ0) is 18.7. The summed E-state index contributed by atoms with van der Waals surface area (Å²) in [5, 5.41) is 7.28. The molecule has 0 aliphatic heterocycles. The van der Waals surface area contributed by atoms with Crippen LogP contribution < -0.4 is 5.32 Å². The number of hydrogen-bond acceptors (Lipinski definition) is 3. The maximum Gasteiger partial charge on any atom is 0.244 e. The van der Waals surface area contributed by atoms with Gasteiger partial charge in [-0.25, -0.2) is 4.98 Å². The summed E-state index contributed by atoms with van der Waals surface area (Å²) in [6.45, 7) is 5.81. The zero-order valence-corrected chi connectivity index (χ0v) is 15.4. The third-order valence-corrected chi connectivity index (χ3v) is 4.42. The van der Waals surface area contributed by atoms with E-state index in [1.54, 1.807) is 12.3 Å². The highest BCUT2D eigenvalue weighted by Gasteiger charge is 2.13. The van der Waals surface area contributed by atoms with Crippen molar-refractivity contribution in [1.82, 2.24) is 25.1 Å². The van der Waals surface area contributed by atoms with E-state index in [1.807, 2.05) is 62.8 Å². The second-order valence-corrected chi connectivity index (χ2v) is 6.32. The smallest absolute Gasteiger partial charge is 0.244 e. The number of carbonyl (C=O) groups is 1. The highest BCUT2D eigenvalue weighted by Crippen LogP contribution is 2.19. The molecule has 134 valence electrons. The fourth-order valence-electron chi connectivity index (χ4n) is 2.84. The van der Waals surface area contributed by atoms with E-state index in [1.165, 1.54) is 6.08 Å². The molecule has 0 bridgehead atoms. The minimum atomic E-state index is -0.222. The molecule has 1 aromatic carbocycles. The van der Waals surface area contributed by atoms with Crippen LogP contribution in [-0.4, -0.2) is 25.7 Å². The van der Waals surface area contributed by atoms with E-state index in [-0.39, 0.29) is 11.9 Å². The van der Waals surface area contributed by atoms with E-state index in [2.05, 4.69) is 20.4 Å². The van der Waals surface area contributed by atoms with Gasteiger partial charge < -0.3 is 10.3 Å². The van der Waals surface area contributed by atoms with E-state index in [4.69, 9.17) is 0 Å². The molecule has 0 saturated carbocycles. The fraction of sp³-hybridized carbons (Fsp3) is 0.250. The molecular formula is C20H23N5O. The number of benzene rings is 1. The van der Waals surface area contributed by atoms with Crippen LogP contribution in [0.4, 0.5) is 0 Å². The Hall–Kier alpha value is -3.15. The highest BCUT2D eigenvalue weighted by molar-refractivity contribution is 5.92. The summed E-state index contributed by atoms with van der Waals surface area (Å²) in [6, 6.07) is 9.74. The molecular weight excluding hydrogens is 326 g/mol. The Kier molecular flexibility index (Phi) is 5.02. The first-order chi connectivity index (χ1) is 12.5. The van der Waals surface area contributed by atoms with Gasteiger partial charge >= 0.3 is 0 Å². The van der Waals surface area contributed by atoms with Gasteiger partial charge in [0.25, 0.3) is 0 Å². The van der Waals surface area contributed by atoms with Crippen LogP contribution in [0.2, 0.25) is 0 Å². The van der Waals surface area contributed by atoms with Crippen molar-refractivity contribution in [2.75, 3.05) is 0 Å². The van der Waals surface area contributed by atoms with Gasteiger partial charge in [0.05, 0.1) is 23.6 Å². The lowest BCUT2D eigenvalue weighted by Gasteiger charge is -2.09.